The first kappa shape index (κ1) is 14.7. The molecule has 1 aliphatic carbocycles. The first-order valence-corrected chi connectivity index (χ1v) is 6.93. The molecule has 2 N–H and O–H groups in total. The third kappa shape index (κ3) is 3.23. The minimum absolute atomic E-state index is 0.0257. The van der Waals surface area contributed by atoms with E-state index in [4.69, 9.17) is 5.73 Å². The van der Waals surface area contributed by atoms with E-state index in [1.54, 1.807) is 18.0 Å². The maximum Gasteiger partial charge on any atom is 0.418 e. The number of nitrogens with two attached hydrogens (primary N) is 1. The van der Waals surface area contributed by atoms with E-state index in [0.717, 1.165) is 18.9 Å². The summed E-state index contributed by atoms with van der Waals surface area (Å²) in [6.07, 6.45) is -2.27. The number of halogens is 4. The minimum Gasteiger partial charge on any atom is -0.370 e. The number of nitrogens with zero attached hydrogens (tertiary/aromatic N) is 1. The molecular weight excluding hydrogens is 321 g/mol. The van der Waals surface area contributed by atoms with Crippen LogP contribution in [0, 0.1) is 5.92 Å². The quantitative estimate of drug-likeness (QED) is 0.909. The molecule has 2 rings (SSSR count). The summed E-state index contributed by atoms with van der Waals surface area (Å²) in [6, 6.07) is 4.22. The maximum atomic E-state index is 13.1. The Kier molecular flexibility index (Phi) is 4.11. The summed E-state index contributed by atoms with van der Waals surface area (Å²) in [5.74, 6) is 0.416. The fraction of sp³-hybridized carbons (Fsp3) is 0.538. The topological polar surface area (TPSA) is 29.3 Å². The van der Waals surface area contributed by atoms with E-state index >= 15 is 0 Å². The Morgan fingerprint density at radius 2 is 2.05 bits per heavy atom. The molecular formula is C13H16BrF3N2. The van der Waals surface area contributed by atoms with E-state index in [9.17, 15) is 13.2 Å². The van der Waals surface area contributed by atoms with Crippen molar-refractivity contribution in [3.8, 4) is 0 Å². The molecule has 0 bridgehead atoms. The summed E-state index contributed by atoms with van der Waals surface area (Å²) < 4.78 is 39.7. The van der Waals surface area contributed by atoms with Crippen LogP contribution in [0.2, 0.25) is 0 Å². The summed E-state index contributed by atoms with van der Waals surface area (Å²) in [6.45, 7) is 0.370. The van der Waals surface area contributed by atoms with Crippen LogP contribution in [0.1, 0.15) is 18.4 Å². The highest BCUT2D eigenvalue weighted by atomic mass is 79.9. The van der Waals surface area contributed by atoms with Crippen molar-refractivity contribution in [2.45, 2.75) is 25.1 Å². The molecule has 1 atom stereocenters. The normalized spacial score (nSPS) is 17.4. The van der Waals surface area contributed by atoms with Crippen LogP contribution in [0.4, 0.5) is 18.9 Å². The van der Waals surface area contributed by atoms with Gasteiger partial charge in [0.2, 0.25) is 0 Å². The molecule has 6 heteroatoms. The molecule has 0 heterocycles. The molecule has 0 aromatic heterocycles. The van der Waals surface area contributed by atoms with Crippen LogP contribution < -0.4 is 10.6 Å². The molecule has 0 spiro atoms. The van der Waals surface area contributed by atoms with Crippen molar-refractivity contribution < 1.29 is 13.2 Å². The van der Waals surface area contributed by atoms with Gasteiger partial charge < -0.3 is 10.6 Å². The van der Waals surface area contributed by atoms with Crippen molar-refractivity contribution in [3.63, 3.8) is 0 Å². The van der Waals surface area contributed by atoms with Crippen LogP contribution in [0.3, 0.4) is 0 Å². The third-order valence-corrected chi connectivity index (χ3v) is 4.04. The van der Waals surface area contributed by atoms with E-state index in [-0.39, 0.29) is 11.7 Å². The van der Waals surface area contributed by atoms with Crippen molar-refractivity contribution in [1.29, 1.82) is 0 Å². The molecule has 0 amide bonds. The van der Waals surface area contributed by atoms with Gasteiger partial charge in [0, 0.05) is 29.8 Å². The molecule has 0 saturated heterocycles. The lowest BCUT2D eigenvalue weighted by Gasteiger charge is -2.31. The number of benzene rings is 1. The van der Waals surface area contributed by atoms with E-state index < -0.39 is 11.7 Å². The zero-order chi connectivity index (χ0) is 14.2. The number of hydrogen-bond acceptors (Lipinski definition) is 2. The summed E-state index contributed by atoms with van der Waals surface area (Å²) in [5.41, 5.74) is 5.28. The molecule has 1 saturated carbocycles. The van der Waals surface area contributed by atoms with Gasteiger partial charge in [-0.05, 0) is 37.0 Å². The van der Waals surface area contributed by atoms with E-state index in [1.807, 2.05) is 0 Å². The van der Waals surface area contributed by atoms with Crippen LogP contribution in [0.25, 0.3) is 0 Å². The van der Waals surface area contributed by atoms with Crippen molar-refractivity contribution in [1.82, 2.24) is 0 Å². The number of hydrogen-bond donors (Lipinski definition) is 1. The average Bonchev–Trinajstić information content (AvgIpc) is 3.13. The van der Waals surface area contributed by atoms with Gasteiger partial charge in [0.15, 0.2) is 0 Å². The summed E-state index contributed by atoms with van der Waals surface area (Å²) in [7, 11) is 1.69. The fourth-order valence-electron chi connectivity index (χ4n) is 2.37. The average molecular weight is 337 g/mol. The summed E-state index contributed by atoms with van der Waals surface area (Å²) in [5, 5.41) is 0. The number of rotatable bonds is 4. The maximum absolute atomic E-state index is 13.1. The standard InChI is InChI=1S/C13H16BrF3N2/c1-19(12(7-18)8-2-3-8)11-5-4-9(14)6-10(11)13(15,16)17/h4-6,8,12H,2-3,7,18H2,1H3. The van der Waals surface area contributed by atoms with Gasteiger partial charge in [-0.3, -0.25) is 0 Å². The van der Waals surface area contributed by atoms with Crippen LogP contribution in [0.5, 0.6) is 0 Å². The molecule has 1 fully saturated rings. The zero-order valence-corrected chi connectivity index (χ0v) is 12.1. The van der Waals surface area contributed by atoms with Crippen LogP contribution in [-0.4, -0.2) is 19.6 Å². The lowest BCUT2D eigenvalue weighted by atomic mass is 10.1. The van der Waals surface area contributed by atoms with Gasteiger partial charge in [-0.2, -0.15) is 13.2 Å². The lowest BCUT2D eigenvalue weighted by Crippen LogP contribution is -2.40. The van der Waals surface area contributed by atoms with Gasteiger partial charge in [0.1, 0.15) is 0 Å². The Hall–Kier alpha value is -0.750. The van der Waals surface area contributed by atoms with E-state index in [1.165, 1.54) is 6.07 Å². The SMILES string of the molecule is CN(c1ccc(Br)cc1C(F)(F)F)C(CN)C1CC1. The monoisotopic (exact) mass is 336 g/mol. The van der Waals surface area contributed by atoms with Gasteiger partial charge >= 0.3 is 6.18 Å². The molecule has 106 valence electrons. The highest BCUT2D eigenvalue weighted by Gasteiger charge is 2.38. The minimum atomic E-state index is -4.37. The van der Waals surface area contributed by atoms with Gasteiger partial charge in [0.25, 0.3) is 0 Å². The highest BCUT2D eigenvalue weighted by molar-refractivity contribution is 9.10. The first-order chi connectivity index (χ1) is 8.84. The van der Waals surface area contributed by atoms with Crippen molar-refractivity contribution in [3.05, 3.63) is 28.2 Å². The summed E-state index contributed by atoms with van der Waals surface area (Å²) in [4.78, 5) is 1.67. The second-order valence-corrected chi connectivity index (χ2v) is 5.83. The smallest absolute Gasteiger partial charge is 0.370 e. The Morgan fingerprint density at radius 3 is 2.53 bits per heavy atom. The van der Waals surface area contributed by atoms with Crippen molar-refractivity contribution in [2.75, 3.05) is 18.5 Å². The van der Waals surface area contributed by atoms with Gasteiger partial charge in [-0.1, -0.05) is 15.9 Å². The number of anilines is 1. The van der Waals surface area contributed by atoms with E-state index in [0.29, 0.717) is 16.9 Å². The van der Waals surface area contributed by atoms with Gasteiger partial charge in [-0.15, -0.1) is 0 Å². The predicted octanol–water partition coefficient (Wildman–Crippen LogP) is 3.64. The molecule has 0 aliphatic heterocycles. The molecule has 0 radical (unpaired) electrons. The van der Waals surface area contributed by atoms with Crippen molar-refractivity contribution >= 4 is 21.6 Å². The Labute approximate surface area is 118 Å². The second-order valence-electron chi connectivity index (χ2n) is 4.91. The lowest BCUT2D eigenvalue weighted by molar-refractivity contribution is -0.137. The summed E-state index contributed by atoms with van der Waals surface area (Å²) >= 11 is 3.09. The van der Waals surface area contributed by atoms with Gasteiger partial charge in [0.05, 0.1) is 5.56 Å². The van der Waals surface area contributed by atoms with Crippen LogP contribution in [-0.2, 0) is 6.18 Å². The molecule has 1 aromatic carbocycles. The Bertz CT molecular complexity index is 458. The molecule has 1 aliphatic rings. The highest BCUT2D eigenvalue weighted by Crippen LogP contribution is 2.41. The molecule has 1 aromatic rings. The molecule has 2 nitrogen and oxygen atoms in total. The molecule has 1 unspecified atom stereocenters. The van der Waals surface area contributed by atoms with Crippen molar-refractivity contribution in [2.24, 2.45) is 11.7 Å². The first-order valence-electron chi connectivity index (χ1n) is 6.14. The zero-order valence-electron chi connectivity index (χ0n) is 10.5. The largest absolute Gasteiger partial charge is 0.418 e. The third-order valence-electron chi connectivity index (χ3n) is 3.55. The van der Waals surface area contributed by atoms with Crippen LogP contribution in [0.15, 0.2) is 22.7 Å². The predicted molar refractivity (Wildman–Crippen MR) is 73.1 cm³/mol. The van der Waals surface area contributed by atoms with Crippen LogP contribution >= 0.6 is 15.9 Å². The van der Waals surface area contributed by atoms with Gasteiger partial charge in [-0.25, -0.2) is 0 Å². The number of likely N-dealkylation sites (N-methyl/N-ethyl adjacent to an activating group) is 1. The molecule has 19 heavy (non-hydrogen) atoms. The van der Waals surface area contributed by atoms with E-state index in [2.05, 4.69) is 15.9 Å². The second kappa shape index (κ2) is 5.32. The Balaban J connectivity index is 2.37. The Morgan fingerprint density at radius 1 is 1.42 bits per heavy atom. The fourth-order valence-corrected chi connectivity index (χ4v) is 2.73. The number of alkyl halides is 3.